The summed E-state index contributed by atoms with van der Waals surface area (Å²) in [5.74, 6) is -0.753. The minimum atomic E-state index is -0.506. The van der Waals surface area contributed by atoms with Crippen molar-refractivity contribution in [2.24, 2.45) is 0 Å². The van der Waals surface area contributed by atoms with E-state index in [0.717, 1.165) is 18.4 Å². The second kappa shape index (κ2) is 5.88. The van der Waals surface area contributed by atoms with Gasteiger partial charge in [0.15, 0.2) is 5.82 Å². The molecule has 6 heteroatoms. The van der Waals surface area contributed by atoms with Crippen LogP contribution in [0.4, 0.5) is 4.39 Å². The lowest BCUT2D eigenvalue weighted by Gasteiger charge is -2.04. The number of halogens is 1. The van der Waals surface area contributed by atoms with Gasteiger partial charge in [0.2, 0.25) is 0 Å². The highest BCUT2D eigenvalue weighted by molar-refractivity contribution is 6.00. The molecule has 120 valence electrons. The van der Waals surface area contributed by atoms with Crippen molar-refractivity contribution in [1.82, 2.24) is 20.5 Å². The molecule has 24 heavy (non-hydrogen) atoms. The van der Waals surface area contributed by atoms with Gasteiger partial charge in [0.25, 0.3) is 5.91 Å². The summed E-state index contributed by atoms with van der Waals surface area (Å²) in [4.78, 5) is 16.1. The number of hydrogen-bond acceptors (Lipinski definition) is 3. The van der Waals surface area contributed by atoms with Crippen LogP contribution in [-0.4, -0.2) is 27.1 Å². The van der Waals surface area contributed by atoms with E-state index < -0.39 is 5.82 Å². The molecule has 1 amide bonds. The number of nitrogens with one attached hydrogen (secondary N) is 2. The van der Waals surface area contributed by atoms with E-state index in [0.29, 0.717) is 16.6 Å². The van der Waals surface area contributed by atoms with E-state index in [1.54, 1.807) is 18.5 Å². The van der Waals surface area contributed by atoms with E-state index >= 15 is 0 Å². The molecule has 1 aliphatic carbocycles. The minimum absolute atomic E-state index is 0.228. The molecule has 3 aromatic rings. The summed E-state index contributed by atoms with van der Waals surface area (Å²) in [5, 5.41) is 10.3. The van der Waals surface area contributed by atoms with Gasteiger partial charge >= 0.3 is 0 Å². The third-order valence-electron chi connectivity index (χ3n) is 3.97. The lowest BCUT2D eigenvalue weighted by molar-refractivity contribution is 0.0951. The van der Waals surface area contributed by atoms with Crippen molar-refractivity contribution in [3.8, 4) is 0 Å². The number of aromatic amines is 1. The lowest BCUT2D eigenvalue weighted by atomic mass is 10.1. The topological polar surface area (TPSA) is 70.7 Å². The van der Waals surface area contributed by atoms with Crippen molar-refractivity contribution in [3.05, 3.63) is 59.3 Å². The number of carbonyl (C=O) groups is 1. The quantitative estimate of drug-likeness (QED) is 0.775. The van der Waals surface area contributed by atoms with Crippen molar-refractivity contribution in [1.29, 1.82) is 0 Å². The Labute approximate surface area is 137 Å². The molecule has 0 aliphatic heterocycles. The van der Waals surface area contributed by atoms with Gasteiger partial charge in [-0.3, -0.25) is 14.9 Å². The standard InChI is InChI=1S/C18H15FN4O/c19-15-10-12(18(24)21-13-2-3-13)9-14-16(22-23-17(14)15)4-1-11-5-7-20-8-6-11/h1,4-10,13H,2-3H2,(H,21,24)(H,22,23)/b4-1+. The van der Waals surface area contributed by atoms with Crippen molar-refractivity contribution in [3.63, 3.8) is 0 Å². The fraction of sp³-hybridized carbons (Fsp3) is 0.167. The second-order valence-electron chi connectivity index (χ2n) is 5.85. The summed E-state index contributed by atoms with van der Waals surface area (Å²) in [6.07, 6.45) is 9.07. The number of rotatable bonds is 4. The van der Waals surface area contributed by atoms with Crippen LogP contribution in [0.1, 0.15) is 34.5 Å². The van der Waals surface area contributed by atoms with Gasteiger partial charge in [-0.1, -0.05) is 6.08 Å². The van der Waals surface area contributed by atoms with Crippen LogP contribution in [0.3, 0.4) is 0 Å². The number of carbonyl (C=O) groups excluding carboxylic acids is 1. The summed E-state index contributed by atoms with van der Waals surface area (Å²) in [6.45, 7) is 0. The average molecular weight is 322 g/mol. The number of nitrogens with zero attached hydrogens (tertiary/aromatic N) is 2. The summed E-state index contributed by atoms with van der Waals surface area (Å²) >= 11 is 0. The smallest absolute Gasteiger partial charge is 0.251 e. The molecular weight excluding hydrogens is 307 g/mol. The summed E-state index contributed by atoms with van der Waals surface area (Å²) in [6, 6.07) is 6.86. The van der Waals surface area contributed by atoms with Gasteiger partial charge in [0.1, 0.15) is 5.52 Å². The van der Waals surface area contributed by atoms with Gasteiger partial charge in [-0.15, -0.1) is 0 Å². The molecular formula is C18H15FN4O. The van der Waals surface area contributed by atoms with Gasteiger partial charge in [-0.05, 0) is 48.7 Å². The van der Waals surface area contributed by atoms with Crippen LogP contribution in [0.15, 0.2) is 36.7 Å². The summed E-state index contributed by atoms with van der Waals surface area (Å²) in [5.41, 5.74) is 2.16. The average Bonchev–Trinajstić information content (AvgIpc) is 3.31. The van der Waals surface area contributed by atoms with E-state index in [4.69, 9.17) is 0 Å². The van der Waals surface area contributed by atoms with E-state index in [9.17, 15) is 9.18 Å². The molecule has 0 spiro atoms. The molecule has 1 saturated carbocycles. The molecule has 1 fully saturated rings. The Morgan fingerprint density at radius 2 is 2.04 bits per heavy atom. The molecule has 4 rings (SSSR count). The Morgan fingerprint density at radius 3 is 2.79 bits per heavy atom. The van der Waals surface area contributed by atoms with Crippen molar-refractivity contribution in [2.75, 3.05) is 0 Å². The van der Waals surface area contributed by atoms with E-state index in [1.165, 1.54) is 6.07 Å². The monoisotopic (exact) mass is 322 g/mol. The lowest BCUT2D eigenvalue weighted by Crippen LogP contribution is -2.25. The molecule has 2 N–H and O–H groups in total. The fourth-order valence-corrected chi connectivity index (χ4v) is 2.50. The third kappa shape index (κ3) is 2.90. The Balaban J connectivity index is 1.69. The van der Waals surface area contributed by atoms with Gasteiger partial charge in [-0.2, -0.15) is 5.10 Å². The highest BCUT2D eigenvalue weighted by Crippen LogP contribution is 2.24. The van der Waals surface area contributed by atoms with Crippen molar-refractivity contribution in [2.45, 2.75) is 18.9 Å². The number of fused-ring (bicyclic) bond motifs is 1. The van der Waals surface area contributed by atoms with E-state index in [-0.39, 0.29) is 17.5 Å². The van der Waals surface area contributed by atoms with E-state index in [2.05, 4.69) is 20.5 Å². The zero-order valence-electron chi connectivity index (χ0n) is 12.8. The first-order valence-corrected chi connectivity index (χ1v) is 7.77. The number of aromatic nitrogens is 3. The molecule has 2 heterocycles. The molecule has 1 aliphatic rings. The van der Waals surface area contributed by atoms with Crippen LogP contribution >= 0.6 is 0 Å². The third-order valence-corrected chi connectivity index (χ3v) is 3.97. The maximum Gasteiger partial charge on any atom is 0.251 e. The van der Waals surface area contributed by atoms with E-state index in [1.807, 2.05) is 24.3 Å². The van der Waals surface area contributed by atoms with Gasteiger partial charge < -0.3 is 5.32 Å². The molecule has 2 aromatic heterocycles. The fourth-order valence-electron chi connectivity index (χ4n) is 2.50. The van der Waals surface area contributed by atoms with Gasteiger partial charge in [0, 0.05) is 29.4 Å². The Hall–Kier alpha value is -3.02. The number of hydrogen-bond donors (Lipinski definition) is 2. The molecule has 0 radical (unpaired) electrons. The number of benzene rings is 1. The molecule has 0 saturated heterocycles. The van der Waals surface area contributed by atoms with Crippen molar-refractivity contribution < 1.29 is 9.18 Å². The van der Waals surface area contributed by atoms with Crippen LogP contribution in [0.25, 0.3) is 23.1 Å². The maximum atomic E-state index is 14.2. The zero-order chi connectivity index (χ0) is 16.5. The molecule has 5 nitrogen and oxygen atoms in total. The number of amides is 1. The van der Waals surface area contributed by atoms with Crippen LogP contribution in [0, 0.1) is 5.82 Å². The van der Waals surface area contributed by atoms with Crippen LogP contribution in [-0.2, 0) is 0 Å². The van der Waals surface area contributed by atoms with Gasteiger partial charge in [-0.25, -0.2) is 4.39 Å². The predicted molar refractivity (Wildman–Crippen MR) is 89.7 cm³/mol. The Bertz CT molecular complexity index is 929. The Kier molecular flexibility index (Phi) is 3.57. The molecule has 0 bridgehead atoms. The molecule has 1 aromatic carbocycles. The van der Waals surface area contributed by atoms with Crippen LogP contribution in [0.2, 0.25) is 0 Å². The largest absolute Gasteiger partial charge is 0.349 e. The SMILES string of the molecule is O=C(NC1CC1)c1cc(F)c2n[nH]c(/C=C/c3ccncc3)c2c1. The highest BCUT2D eigenvalue weighted by atomic mass is 19.1. The molecule has 0 unspecified atom stereocenters. The highest BCUT2D eigenvalue weighted by Gasteiger charge is 2.24. The van der Waals surface area contributed by atoms with Gasteiger partial charge in [0.05, 0.1) is 5.69 Å². The first kappa shape index (κ1) is 14.6. The minimum Gasteiger partial charge on any atom is -0.349 e. The maximum absolute atomic E-state index is 14.2. The van der Waals surface area contributed by atoms with Crippen LogP contribution < -0.4 is 5.32 Å². The zero-order valence-corrected chi connectivity index (χ0v) is 12.8. The number of pyridine rings is 1. The second-order valence-corrected chi connectivity index (χ2v) is 5.85. The first-order valence-electron chi connectivity index (χ1n) is 7.77. The van der Waals surface area contributed by atoms with Crippen LogP contribution in [0.5, 0.6) is 0 Å². The number of H-pyrrole nitrogens is 1. The Morgan fingerprint density at radius 1 is 1.25 bits per heavy atom. The normalized spacial score (nSPS) is 14.4. The summed E-state index contributed by atoms with van der Waals surface area (Å²) < 4.78 is 14.2. The predicted octanol–water partition coefficient (Wildman–Crippen LogP) is 3.16. The summed E-state index contributed by atoms with van der Waals surface area (Å²) in [7, 11) is 0. The first-order chi connectivity index (χ1) is 11.7. The van der Waals surface area contributed by atoms with Crippen molar-refractivity contribution >= 4 is 29.0 Å². The molecule has 0 atom stereocenters.